The Morgan fingerprint density at radius 1 is 1.18 bits per heavy atom. The lowest BCUT2D eigenvalue weighted by molar-refractivity contribution is -0.137. The van der Waals surface area contributed by atoms with Crippen molar-refractivity contribution in [1.82, 2.24) is 10.6 Å². The summed E-state index contributed by atoms with van der Waals surface area (Å²) in [6.07, 6.45) is 4.27. The van der Waals surface area contributed by atoms with Crippen molar-refractivity contribution in [2.24, 2.45) is 0 Å². The highest BCUT2D eigenvalue weighted by Crippen LogP contribution is 2.08. The van der Waals surface area contributed by atoms with Gasteiger partial charge in [0.2, 0.25) is 0 Å². The molecule has 3 N–H and O–H groups in total. The van der Waals surface area contributed by atoms with E-state index in [-0.39, 0.29) is 18.5 Å². The number of carbonyl (C=O) groups excluding carboxylic acids is 1. The number of rotatable bonds is 10. The van der Waals surface area contributed by atoms with Gasteiger partial charge in [-0.25, -0.2) is 4.79 Å². The number of hydrogen-bond acceptors (Lipinski definition) is 2. The first-order chi connectivity index (χ1) is 10.6. The SMILES string of the molecule is CCCCCNC(=O)NC(CCC(=O)O)Cc1ccccc1. The van der Waals surface area contributed by atoms with Crippen molar-refractivity contribution in [1.29, 1.82) is 0 Å². The number of nitrogens with one attached hydrogen (secondary N) is 2. The zero-order valence-corrected chi connectivity index (χ0v) is 13.2. The van der Waals surface area contributed by atoms with E-state index in [0.717, 1.165) is 24.8 Å². The van der Waals surface area contributed by atoms with Crippen LogP contribution in [-0.2, 0) is 11.2 Å². The molecule has 1 unspecified atom stereocenters. The molecule has 0 aliphatic heterocycles. The Labute approximate surface area is 132 Å². The van der Waals surface area contributed by atoms with Crippen molar-refractivity contribution in [3.05, 3.63) is 35.9 Å². The summed E-state index contributed by atoms with van der Waals surface area (Å²) < 4.78 is 0. The van der Waals surface area contributed by atoms with E-state index in [9.17, 15) is 9.59 Å². The van der Waals surface area contributed by atoms with E-state index in [4.69, 9.17) is 5.11 Å². The number of amides is 2. The Hall–Kier alpha value is -2.04. The van der Waals surface area contributed by atoms with Crippen LogP contribution in [0.1, 0.15) is 44.6 Å². The Kier molecular flexibility index (Phi) is 8.72. The topological polar surface area (TPSA) is 78.4 Å². The minimum atomic E-state index is -0.844. The van der Waals surface area contributed by atoms with E-state index in [1.807, 2.05) is 30.3 Å². The largest absolute Gasteiger partial charge is 0.481 e. The molecule has 22 heavy (non-hydrogen) atoms. The summed E-state index contributed by atoms with van der Waals surface area (Å²) in [6.45, 7) is 2.76. The van der Waals surface area contributed by atoms with Gasteiger partial charge in [0.1, 0.15) is 0 Å². The van der Waals surface area contributed by atoms with Crippen molar-refractivity contribution in [2.45, 2.75) is 51.5 Å². The molecular formula is C17H26N2O3. The fourth-order valence-corrected chi connectivity index (χ4v) is 2.23. The molecule has 1 atom stereocenters. The molecule has 0 heterocycles. The molecule has 5 nitrogen and oxygen atoms in total. The van der Waals surface area contributed by atoms with Gasteiger partial charge < -0.3 is 15.7 Å². The summed E-state index contributed by atoms with van der Waals surface area (Å²) in [7, 11) is 0. The molecule has 1 rings (SSSR count). The molecule has 0 aromatic heterocycles. The average molecular weight is 306 g/mol. The average Bonchev–Trinajstić information content (AvgIpc) is 2.50. The third-order valence-electron chi connectivity index (χ3n) is 3.43. The second-order valence-corrected chi connectivity index (χ2v) is 5.43. The summed E-state index contributed by atoms with van der Waals surface area (Å²) in [5.41, 5.74) is 1.09. The van der Waals surface area contributed by atoms with Gasteiger partial charge in [0, 0.05) is 19.0 Å². The molecule has 1 aromatic rings. The van der Waals surface area contributed by atoms with Gasteiger partial charge in [0.15, 0.2) is 0 Å². The number of benzene rings is 1. The van der Waals surface area contributed by atoms with Crippen LogP contribution >= 0.6 is 0 Å². The predicted molar refractivity (Wildman–Crippen MR) is 86.9 cm³/mol. The maximum absolute atomic E-state index is 11.9. The molecule has 0 radical (unpaired) electrons. The summed E-state index contributed by atoms with van der Waals surface area (Å²) >= 11 is 0. The normalized spacial score (nSPS) is 11.7. The van der Waals surface area contributed by atoms with E-state index >= 15 is 0 Å². The molecule has 0 spiro atoms. The van der Waals surface area contributed by atoms with E-state index < -0.39 is 5.97 Å². The minimum absolute atomic E-state index is 0.0492. The number of carboxylic acid groups (broad SMARTS) is 1. The molecule has 2 amide bonds. The van der Waals surface area contributed by atoms with Crippen LogP contribution in [0.3, 0.4) is 0 Å². The van der Waals surface area contributed by atoms with Crippen molar-refractivity contribution >= 4 is 12.0 Å². The van der Waals surface area contributed by atoms with Crippen LogP contribution in [0.15, 0.2) is 30.3 Å². The molecule has 0 aliphatic rings. The Morgan fingerprint density at radius 2 is 1.91 bits per heavy atom. The van der Waals surface area contributed by atoms with Crippen LogP contribution in [0.2, 0.25) is 0 Å². The smallest absolute Gasteiger partial charge is 0.315 e. The second-order valence-electron chi connectivity index (χ2n) is 5.43. The van der Waals surface area contributed by atoms with Gasteiger partial charge in [0.25, 0.3) is 0 Å². The van der Waals surface area contributed by atoms with Crippen LogP contribution in [0, 0.1) is 0 Å². The van der Waals surface area contributed by atoms with Crippen LogP contribution < -0.4 is 10.6 Å². The molecule has 0 aliphatic carbocycles. The number of aliphatic carboxylic acids is 1. The minimum Gasteiger partial charge on any atom is -0.481 e. The van der Waals surface area contributed by atoms with Crippen LogP contribution in [0.5, 0.6) is 0 Å². The summed E-state index contributed by atoms with van der Waals surface area (Å²) in [5.74, 6) is -0.844. The van der Waals surface area contributed by atoms with Gasteiger partial charge >= 0.3 is 12.0 Å². The molecule has 0 saturated heterocycles. The van der Waals surface area contributed by atoms with Crippen molar-refractivity contribution < 1.29 is 14.7 Å². The number of hydrogen-bond donors (Lipinski definition) is 3. The highest BCUT2D eigenvalue weighted by molar-refractivity contribution is 5.74. The second kappa shape index (κ2) is 10.7. The molecule has 0 bridgehead atoms. The highest BCUT2D eigenvalue weighted by Gasteiger charge is 2.14. The number of urea groups is 1. The zero-order chi connectivity index (χ0) is 16.2. The third kappa shape index (κ3) is 8.29. The number of unbranched alkanes of at least 4 members (excludes halogenated alkanes) is 2. The maximum Gasteiger partial charge on any atom is 0.315 e. The molecule has 0 saturated carbocycles. The Morgan fingerprint density at radius 3 is 2.55 bits per heavy atom. The molecule has 122 valence electrons. The van der Waals surface area contributed by atoms with Gasteiger partial charge in [-0.3, -0.25) is 4.79 Å². The lowest BCUT2D eigenvalue weighted by Crippen LogP contribution is -2.43. The summed E-state index contributed by atoms with van der Waals surface area (Å²) in [4.78, 5) is 22.6. The van der Waals surface area contributed by atoms with Crippen molar-refractivity contribution in [3.8, 4) is 0 Å². The predicted octanol–water partition coefficient (Wildman–Crippen LogP) is 2.95. The first-order valence-electron chi connectivity index (χ1n) is 7.92. The van der Waals surface area contributed by atoms with Gasteiger partial charge in [-0.05, 0) is 24.8 Å². The van der Waals surface area contributed by atoms with E-state index in [2.05, 4.69) is 17.6 Å². The van der Waals surface area contributed by atoms with Gasteiger partial charge in [0.05, 0.1) is 0 Å². The fourth-order valence-electron chi connectivity index (χ4n) is 2.23. The zero-order valence-electron chi connectivity index (χ0n) is 13.2. The lowest BCUT2D eigenvalue weighted by atomic mass is 10.0. The van der Waals surface area contributed by atoms with Gasteiger partial charge in [-0.15, -0.1) is 0 Å². The van der Waals surface area contributed by atoms with Crippen LogP contribution in [0.25, 0.3) is 0 Å². The molecular weight excluding hydrogens is 280 g/mol. The van der Waals surface area contributed by atoms with E-state index in [1.165, 1.54) is 0 Å². The first-order valence-corrected chi connectivity index (χ1v) is 7.92. The van der Waals surface area contributed by atoms with Gasteiger partial charge in [-0.1, -0.05) is 50.1 Å². The van der Waals surface area contributed by atoms with E-state index in [0.29, 0.717) is 19.4 Å². The van der Waals surface area contributed by atoms with E-state index in [1.54, 1.807) is 0 Å². The summed E-state index contributed by atoms with van der Waals surface area (Å²) in [5, 5.41) is 14.5. The van der Waals surface area contributed by atoms with Crippen LogP contribution in [-0.4, -0.2) is 29.7 Å². The number of carbonyl (C=O) groups is 2. The van der Waals surface area contributed by atoms with Gasteiger partial charge in [-0.2, -0.15) is 0 Å². The van der Waals surface area contributed by atoms with Crippen molar-refractivity contribution in [2.75, 3.05) is 6.54 Å². The lowest BCUT2D eigenvalue weighted by Gasteiger charge is -2.18. The number of carboxylic acids is 1. The quantitative estimate of drug-likeness (QED) is 0.582. The van der Waals surface area contributed by atoms with Crippen LogP contribution in [0.4, 0.5) is 4.79 Å². The summed E-state index contributed by atoms with van der Waals surface area (Å²) in [6, 6.07) is 9.38. The Bertz CT molecular complexity index is 448. The maximum atomic E-state index is 11.9. The standard InChI is InChI=1S/C17H26N2O3/c1-2-3-7-12-18-17(22)19-15(10-11-16(20)21)13-14-8-5-4-6-9-14/h4-6,8-9,15H,2-3,7,10-13H2,1H3,(H,20,21)(H2,18,19,22). The first kappa shape index (κ1) is 18.0. The molecule has 0 fully saturated rings. The fraction of sp³-hybridized carbons (Fsp3) is 0.529. The molecule has 5 heteroatoms. The molecule has 1 aromatic carbocycles. The Balaban J connectivity index is 2.46. The van der Waals surface area contributed by atoms with Crippen molar-refractivity contribution in [3.63, 3.8) is 0 Å². The monoisotopic (exact) mass is 306 g/mol. The highest BCUT2D eigenvalue weighted by atomic mass is 16.4. The third-order valence-corrected chi connectivity index (χ3v) is 3.43.